The van der Waals surface area contributed by atoms with Crippen LogP contribution in [0.25, 0.3) is 22.3 Å². The highest BCUT2D eigenvalue weighted by Gasteiger charge is 2.33. The van der Waals surface area contributed by atoms with E-state index in [-0.39, 0.29) is 71.6 Å². The third kappa shape index (κ3) is 12.2. The molecule has 0 spiro atoms. The van der Waals surface area contributed by atoms with Crippen molar-refractivity contribution in [3.63, 3.8) is 0 Å². The number of epoxide rings is 1. The minimum atomic E-state index is -4.91. The normalized spacial score (nSPS) is 13.9. The molecule has 9 rings (SSSR count). The third-order valence-electron chi connectivity index (χ3n) is 10.8. The van der Waals surface area contributed by atoms with Crippen LogP contribution >= 0.6 is 23.2 Å². The summed E-state index contributed by atoms with van der Waals surface area (Å²) in [6, 6.07) is 22.8. The van der Waals surface area contributed by atoms with E-state index in [0.29, 0.717) is 22.2 Å². The van der Waals surface area contributed by atoms with E-state index in [1.165, 1.54) is 52.1 Å². The fraction of sp³-hybridized carbons (Fsp3) is 0.261. The van der Waals surface area contributed by atoms with E-state index >= 15 is 0 Å². The highest BCUT2D eigenvalue weighted by molar-refractivity contribution is 6.30. The molecule has 1 aliphatic heterocycles. The summed E-state index contributed by atoms with van der Waals surface area (Å²) < 4.78 is 108. The molecule has 1 saturated heterocycles. The molecule has 5 heterocycles. The molecule has 4 aromatic carbocycles. The molecule has 0 aliphatic carbocycles. The van der Waals surface area contributed by atoms with Gasteiger partial charge in [-0.3, -0.25) is 37.0 Å². The molecule has 19 nitrogen and oxygen atoms in total. The lowest BCUT2D eigenvalue weighted by Crippen LogP contribution is -2.42. The van der Waals surface area contributed by atoms with Gasteiger partial charge in [0.2, 0.25) is 0 Å². The summed E-state index contributed by atoms with van der Waals surface area (Å²) >= 11 is 12.0. The van der Waals surface area contributed by atoms with Crippen molar-refractivity contribution in [2.75, 3.05) is 13.2 Å². The van der Waals surface area contributed by atoms with Gasteiger partial charge in [0.25, 0.3) is 11.1 Å². The number of imidazole rings is 2. The molecule has 2 unspecified atom stereocenters. The maximum absolute atomic E-state index is 13.4. The highest BCUT2D eigenvalue weighted by Crippen LogP contribution is 2.32. The standard InChI is InChI=1S/C23H20ClF3N4O6.C23H18ClF3N4O5/c1-29-19-18(20(34)31(22(29)35)11-15(33)12-32)30(10-13-5-7-14(24)8-6-13)21(28-19)36-16-3-2-4-17(9-16)37-23(25,26)27;1-29-19-18(20(32)31(22(29)33)11-17-12-34-17)30(10-13-5-7-14(24)8-6-13)21(28-19)35-15-3-2-4-16(9-15)36-23(25,26)27/h2-9,15,32-33H,10-12H2,1H3;2-9,17H,10-12H2,1H3. The molecule has 384 valence electrons. The number of aliphatic hydroxyl groups is 2. The van der Waals surface area contributed by atoms with Crippen molar-refractivity contribution in [2.24, 2.45) is 14.1 Å². The molecule has 1 fully saturated rings. The van der Waals surface area contributed by atoms with E-state index in [1.807, 2.05) is 0 Å². The van der Waals surface area contributed by atoms with E-state index in [2.05, 4.69) is 19.4 Å². The Morgan fingerprint density at radius 2 is 1.04 bits per heavy atom. The van der Waals surface area contributed by atoms with Gasteiger partial charge < -0.3 is 33.9 Å². The lowest BCUT2D eigenvalue weighted by atomic mass is 10.2. The molecular weight excluding hydrogens is 1030 g/mol. The van der Waals surface area contributed by atoms with Crippen molar-refractivity contribution in [3.05, 3.63) is 160 Å². The Balaban J connectivity index is 0.000000195. The first-order valence-corrected chi connectivity index (χ1v) is 22.2. The Bertz CT molecular complexity index is 3570. The summed E-state index contributed by atoms with van der Waals surface area (Å²) in [6.07, 6.45) is -11.4. The molecule has 0 radical (unpaired) electrons. The van der Waals surface area contributed by atoms with E-state index in [1.54, 1.807) is 48.5 Å². The zero-order valence-electron chi connectivity index (χ0n) is 37.8. The van der Waals surface area contributed by atoms with Crippen LogP contribution in [0.1, 0.15) is 11.1 Å². The number of halogens is 8. The number of aliphatic hydroxyl groups excluding tert-OH is 2. The number of aryl methyl sites for hydroxylation is 2. The topological polar surface area (TPSA) is 214 Å². The van der Waals surface area contributed by atoms with Gasteiger partial charge in [-0.05, 0) is 59.7 Å². The van der Waals surface area contributed by atoms with Crippen LogP contribution in [-0.4, -0.2) is 85.7 Å². The van der Waals surface area contributed by atoms with Crippen molar-refractivity contribution in [2.45, 2.75) is 51.1 Å². The summed E-state index contributed by atoms with van der Waals surface area (Å²) in [7, 11) is 2.82. The first kappa shape index (κ1) is 51.8. The SMILES string of the molecule is Cn1c(=O)n(CC(O)CO)c(=O)c2c1nc(Oc1cccc(OC(F)(F)F)c1)n2Cc1ccc(Cl)cc1.Cn1c(=O)n(CC2CO2)c(=O)c2c1nc(Oc1cccc(OC(F)(F)F)c1)n2Cc1ccc(Cl)cc1. The second kappa shape index (κ2) is 20.9. The second-order valence-corrected chi connectivity index (χ2v) is 17.0. The Morgan fingerprint density at radius 3 is 1.44 bits per heavy atom. The minimum absolute atomic E-state index is 0.0116. The number of hydrogen-bond donors (Lipinski definition) is 2. The number of aromatic nitrogens is 8. The summed E-state index contributed by atoms with van der Waals surface area (Å²) in [5.74, 6) is -1.10. The molecule has 27 heteroatoms. The molecule has 2 atom stereocenters. The van der Waals surface area contributed by atoms with Gasteiger partial charge in [0, 0.05) is 36.3 Å². The molecule has 73 heavy (non-hydrogen) atoms. The van der Waals surface area contributed by atoms with Crippen LogP contribution in [0.4, 0.5) is 26.3 Å². The number of alkyl halides is 6. The van der Waals surface area contributed by atoms with Crippen molar-refractivity contribution in [1.82, 2.24) is 37.4 Å². The van der Waals surface area contributed by atoms with Gasteiger partial charge in [0.15, 0.2) is 22.3 Å². The van der Waals surface area contributed by atoms with Gasteiger partial charge >= 0.3 is 36.1 Å². The predicted molar refractivity (Wildman–Crippen MR) is 249 cm³/mol. The van der Waals surface area contributed by atoms with Crippen LogP contribution < -0.4 is 41.4 Å². The van der Waals surface area contributed by atoms with Crippen LogP contribution in [0.3, 0.4) is 0 Å². The van der Waals surface area contributed by atoms with Gasteiger partial charge in [0.1, 0.15) is 23.0 Å². The molecular formula is C46H38Cl2F6N8O11. The van der Waals surface area contributed by atoms with Crippen LogP contribution in [0.5, 0.6) is 35.0 Å². The number of hydrogen-bond acceptors (Lipinski definition) is 13. The number of rotatable bonds is 15. The predicted octanol–water partition coefficient (Wildman–Crippen LogP) is 6.33. The second-order valence-electron chi connectivity index (χ2n) is 16.1. The van der Waals surface area contributed by atoms with Crippen molar-refractivity contribution < 1.29 is 60.2 Å². The number of ether oxygens (including phenoxy) is 5. The van der Waals surface area contributed by atoms with E-state index < -0.39 is 66.0 Å². The average Bonchev–Trinajstić information content (AvgIpc) is 4.00. The van der Waals surface area contributed by atoms with Crippen LogP contribution in [0, 0.1) is 0 Å². The Kier molecular flexibility index (Phi) is 14.8. The molecule has 0 saturated carbocycles. The number of fused-ring (bicyclic) bond motifs is 2. The van der Waals surface area contributed by atoms with E-state index in [0.717, 1.165) is 43.5 Å². The lowest BCUT2D eigenvalue weighted by molar-refractivity contribution is -0.275. The van der Waals surface area contributed by atoms with Crippen molar-refractivity contribution in [3.8, 4) is 35.0 Å². The molecule has 4 aromatic heterocycles. The fourth-order valence-corrected chi connectivity index (χ4v) is 7.60. The summed E-state index contributed by atoms with van der Waals surface area (Å²) in [5.41, 5.74) is -1.35. The number of benzene rings is 4. The van der Waals surface area contributed by atoms with Gasteiger partial charge in [-0.2, -0.15) is 9.97 Å². The molecule has 0 amide bonds. The fourth-order valence-electron chi connectivity index (χ4n) is 7.35. The summed E-state index contributed by atoms with van der Waals surface area (Å²) in [5, 5.41) is 20.0. The van der Waals surface area contributed by atoms with Crippen LogP contribution in [0.2, 0.25) is 10.0 Å². The molecule has 1 aliphatic rings. The van der Waals surface area contributed by atoms with Crippen LogP contribution in [0.15, 0.2) is 116 Å². The maximum Gasteiger partial charge on any atom is 0.573 e. The maximum atomic E-state index is 13.4. The first-order valence-electron chi connectivity index (χ1n) is 21.4. The monoisotopic (exact) mass is 1060 g/mol. The highest BCUT2D eigenvalue weighted by atomic mass is 35.5. The molecule has 0 bridgehead atoms. The first-order chi connectivity index (χ1) is 34.5. The van der Waals surface area contributed by atoms with Gasteiger partial charge in [-0.25, -0.2) is 9.59 Å². The quantitative estimate of drug-likeness (QED) is 0.0850. The minimum Gasteiger partial charge on any atom is -0.425 e. The zero-order valence-corrected chi connectivity index (χ0v) is 39.3. The van der Waals surface area contributed by atoms with Crippen molar-refractivity contribution in [1.29, 1.82) is 0 Å². The zero-order chi connectivity index (χ0) is 52.5. The van der Waals surface area contributed by atoms with Crippen molar-refractivity contribution >= 4 is 45.5 Å². The lowest BCUT2D eigenvalue weighted by Gasteiger charge is -2.13. The third-order valence-corrected chi connectivity index (χ3v) is 11.3. The largest absolute Gasteiger partial charge is 0.573 e. The molecule has 8 aromatic rings. The summed E-state index contributed by atoms with van der Waals surface area (Å²) in [4.78, 5) is 61.1. The average molecular weight is 1060 g/mol. The summed E-state index contributed by atoms with van der Waals surface area (Å²) in [6.45, 7) is -0.505. The van der Waals surface area contributed by atoms with Gasteiger partial charge in [-0.1, -0.05) is 59.6 Å². The van der Waals surface area contributed by atoms with Gasteiger partial charge in [-0.15, -0.1) is 26.3 Å². The van der Waals surface area contributed by atoms with E-state index in [9.17, 15) is 55.7 Å². The Labute approximate surface area is 415 Å². The van der Waals surface area contributed by atoms with Crippen LogP contribution in [-0.2, 0) is 45.0 Å². The Morgan fingerprint density at radius 1 is 0.644 bits per heavy atom. The smallest absolute Gasteiger partial charge is 0.425 e. The van der Waals surface area contributed by atoms with E-state index in [4.69, 9.17) is 37.4 Å². The Hall–Kier alpha value is -7.58. The van der Waals surface area contributed by atoms with Gasteiger partial charge in [0.05, 0.1) is 51.6 Å². The number of nitrogens with zero attached hydrogens (tertiary/aromatic N) is 8. The molecule has 2 N–H and O–H groups in total.